The van der Waals surface area contributed by atoms with Crippen molar-refractivity contribution in [2.75, 3.05) is 13.1 Å². The average Bonchev–Trinajstić information content (AvgIpc) is 2.99. The summed E-state index contributed by atoms with van der Waals surface area (Å²) in [5.41, 5.74) is 2.41. The molecule has 1 aromatic carbocycles. The highest BCUT2D eigenvalue weighted by molar-refractivity contribution is 6.31. The van der Waals surface area contributed by atoms with Crippen LogP contribution in [-0.2, 0) is 6.54 Å². The van der Waals surface area contributed by atoms with Crippen LogP contribution in [0.5, 0.6) is 0 Å². The van der Waals surface area contributed by atoms with Gasteiger partial charge < -0.3 is 5.11 Å². The molecule has 114 valence electrons. The molecule has 2 aromatic rings. The Morgan fingerprint density at radius 3 is 3.00 bits per heavy atom. The number of carboxylic acids is 1. The summed E-state index contributed by atoms with van der Waals surface area (Å²) in [5.74, 6) is -0.442. The van der Waals surface area contributed by atoms with Crippen LogP contribution in [0.3, 0.4) is 0 Å². The number of carbonyl (C=O) groups is 1. The summed E-state index contributed by atoms with van der Waals surface area (Å²) in [7, 11) is 0. The van der Waals surface area contributed by atoms with Gasteiger partial charge in [0.05, 0.1) is 5.56 Å². The first kappa shape index (κ1) is 15.0. The lowest BCUT2D eigenvalue weighted by Gasteiger charge is -2.17. The normalized spacial score (nSPS) is 18.5. The second kappa shape index (κ2) is 6.46. The number of hydrogen-bond acceptors (Lipinski definition) is 3. The molecule has 1 aliphatic heterocycles. The van der Waals surface area contributed by atoms with Crippen molar-refractivity contribution in [1.29, 1.82) is 0 Å². The van der Waals surface area contributed by atoms with E-state index in [9.17, 15) is 4.79 Å². The molecule has 3 rings (SSSR count). The second-order valence-corrected chi connectivity index (χ2v) is 6.03. The largest absolute Gasteiger partial charge is 0.478 e. The minimum absolute atomic E-state index is 0.280. The van der Waals surface area contributed by atoms with E-state index in [-0.39, 0.29) is 5.56 Å². The van der Waals surface area contributed by atoms with Crippen LogP contribution >= 0.6 is 11.6 Å². The van der Waals surface area contributed by atoms with Gasteiger partial charge in [-0.05, 0) is 54.3 Å². The van der Waals surface area contributed by atoms with Gasteiger partial charge in [-0.25, -0.2) is 4.79 Å². The third-order valence-corrected chi connectivity index (χ3v) is 4.48. The first-order valence-corrected chi connectivity index (χ1v) is 7.65. The van der Waals surface area contributed by atoms with Crippen molar-refractivity contribution >= 4 is 17.6 Å². The van der Waals surface area contributed by atoms with Crippen molar-refractivity contribution in [3.8, 4) is 0 Å². The number of carboxylic acid groups (broad SMARTS) is 1. The Bertz CT molecular complexity index is 676. The summed E-state index contributed by atoms with van der Waals surface area (Å²) >= 11 is 6.20. The van der Waals surface area contributed by atoms with E-state index in [1.165, 1.54) is 11.6 Å². The molecule has 4 nitrogen and oxygen atoms in total. The van der Waals surface area contributed by atoms with E-state index < -0.39 is 5.97 Å². The smallest absolute Gasteiger partial charge is 0.335 e. The van der Waals surface area contributed by atoms with Gasteiger partial charge in [0.1, 0.15) is 0 Å². The number of benzene rings is 1. The molecule has 1 fully saturated rings. The van der Waals surface area contributed by atoms with Crippen molar-refractivity contribution < 1.29 is 9.90 Å². The lowest BCUT2D eigenvalue weighted by molar-refractivity contribution is 0.0696. The average molecular weight is 317 g/mol. The van der Waals surface area contributed by atoms with Gasteiger partial charge in [0.2, 0.25) is 0 Å². The molecule has 22 heavy (non-hydrogen) atoms. The number of aromatic carboxylic acids is 1. The molecule has 1 aliphatic rings. The van der Waals surface area contributed by atoms with Gasteiger partial charge in [0.15, 0.2) is 0 Å². The lowest BCUT2D eigenvalue weighted by Crippen LogP contribution is -2.20. The maximum atomic E-state index is 11.1. The molecule has 0 saturated carbocycles. The number of pyridine rings is 1. The Morgan fingerprint density at radius 1 is 1.41 bits per heavy atom. The van der Waals surface area contributed by atoms with Crippen LogP contribution in [0, 0.1) is 0 Å². The summed E-state index contributed by atoms with van der Waals surface area (Å²) < 4.78 is 0. The van der Waals surface area contributed by atoms with Crippen molar-refractivity contribution in [2.45, 2.75) is 18.9 Å². The molecule has 2 heterocycles. The molecule has 0 radical (unpaired) electrons. The maximum Gasteiger partial charge on any atom is 0.335 e. The summed E-state index contributed by atoms with van der Waals surface area (Å²) in [6.45, 7) is 2.60. The van der Waals surface area contributed by atoms with Crippen LogP contribution < -0.4 is 0 Å². The molecule has 0 aliphatic carbocycles. The number of halogens is 1. The van der Waals surface area contributed by atoms with Crippen LogP contribution in [0.1, 0.15) is 33.8 Å². The molecule has 1 atom stereocenters. The standard InChI is InChI=1S/C17H17ClN2O2/c18-16-4-3-12(17(21)22)8-15(16)11-20-7-5-14(10-20)13-2-1-6-19-9-13/h1-4,6,8-9,14H,5,7,10-11H2,(H,21,22). The highest BCUT2D eigenvalue weighted by atomic mass is 35.5. The fourth-order valence-corrected chi connectivity index (χ4v) is 3.11. The predicted molar refractivity (Wildman–Crippen MR) is 85.3 cm³/mol. The molecule has 1 unspecified atom stereocenters. The Balaban J connectivity index is 1.70. The van der Waals surface area contributed by atoms with Gasteiger partial charge in [0, 0.05) is 30.5 Å². The van der Waals surface area contributed by atoms with E-state index in [1.54, 1.807) is 18.3 Å². The highest BCUT2D eigenvalue weighted by Crippen LogP contribution is 2.29. The summed E-state index contributed by atoms with van der Waals surface area (Å²) in [6, 6.07) is 8.94. The zero-order valence-corrected chi connectivity index (χ0v) is 12.8. The van der Waals surface area contributed by atoms with Gasteiger partial charge in [0.25, 0.3) is 0 Å². The quantitative estimate of drug-likeness (QED) is 0.939. The minimum atomic E-state index is -0.924. The fourth-order valence-electron chi connectivity index (χ4n) is 2.94. The van der Waals surface area contributed by atoms with Crippen LogP contribution in [0.15, 0.2) is 42.7 Å². The zero-order chi connectivity index (χ0) is 15.5. The first-order valence-electron chi connectivity index (χ1n) is 7.27. The Morgan fingerprint density at radius 2 is 2.27 bits per heavy atom. The highest BCUT2D eigenvalue weighted by Gasteiger charge is 2.24. The van der Waals surface area contributed by atoms with Gasteiger partial charge in [-0.15, -0.1) is 0 Å². The van der Waals surface area contributed by atoms with Crippen molar-refractivity contribution in [1.82, 2.24) is 9.88 Å². The second-order valence-electron chi connectivity index (χ2n) is 5.62. The summed E-state index contributed by atoms with van der Waals surface area (Å²) in [6.07, 6.45) is 4.79. The summed E-state index contributed by atoms with van der Waals surface area (Å²) in [4.78, 5) is 17.6. The fraction of sp³-hybridized carbons (Fsp3) is 0.294. The van der Waals surface area contributed by atoms with E-state index in [4.69, 9.17) is 16.7 Å². The Labute approximate surface area is 134 Å². The van der Waals surface area contributed by atoms with Crippen LogP contribution in [0.4, 0.5) is 0 Å². The molecule has 0 bridgehead atoms. The molecule has 1 N–H and O–H groups in total. The molecule has 5 heteroatoms. The minimum Gasteiger partial charge on any atom is -0.478 e. The number of likely N-dealkylation sites (tertiary alicyclic amines) is 1. The third-order valence-electron chi connectivity index (χ3n) is 4.11. The SMILES string of the molecule is O=C(O)c1ccc(Cl)c(CN2CCC(c3cccnc3)C2)c1. The predicted octanol–water partition coefficient (Wildman–Crippen LogP) is 3.42. The molecule has 1 saturated heterocycles. The third kappa shape index (κ3) is 3.29. The molecule has 0 amide bonds. The Kier molecular flexibility index (Phi) is 4.41. The van der Waals surface area contributed by atoms with Crippen LogP contribution in [-0.4, -0.2) is 34.0 Å². The van der Waals surface area contributed by atoms with Gasteiger partial charge in [-0.3, -0.25) is 9.88 Å². The number of hydrogen-bond donors (Lipinski definition) is 1. The number of aromatic nitrogens is 1. The topological polar surface area (TPSA) is 53.4 Å². The van der Waals surface area contributed by atoms with Crippen molar-refractivity contribution in [3.63, 3.8) is 0 Å². The monoisotopic (exact) mass is 316 g/mol. The molecular formula is C17H17ClN2O2. The molecule has 0 spiro atoms. The van der Waals surface area contributed by atoms with Crippen molar-refractivity contribution in [3.05, 3.63) is 64.4 Å². The van der Waals surface area contributed by atoms with E-state index in [1.807, 2.05) is 12.3 Å². The van der Waals surface area contributed by atoms with Crippen LogP contribution in [0.25, 0.3) is 0 Å². The summed E-state index contributed by atoms with van der Waals surface area (Å²) in [5, 5.41) is 9.71. The van der Waals surface area contributed by atoms with Gasteiger partial charge in [-0.1, -0.05) is 17.7 Å². The number of rotatable bonds is 4. The van der Waals surface area contributed by atoms with Crippen molar-refractivity contribution in [2.24, 2.45) is 0 Å². The van der Waals surface area contributed by atoms with E-state index in [0.29, 0.717) is 17.5 Å². The maximum absolute atomic E-state index is 11.1. The van der Waals surface area contributed by atoms with Gasteiger partial charge >= 0.3 is 5.97 Å². The lowest BCUT2D eigenvalue weighted by atomic mass is 10.0. The zero-order valence-electron chi connectivity index (χ0n) is 12.1. The van der Waals surface area contributed by atoms with E-state index >= 15 is 0 Å². The number of nitrogens with zero attached hydrogens (tertiary/aromatic N) is 2. The van der Waals surface area contributed by atoms with Crippen LogP contribution in [0.2, 0.25) is 5.02 Å². The first-order chi connectivity index (χ1) is 10.6. The van der Waals surface area contributed by atoms with Gasteiger partial charge in [-0.2, -0.15) is 0 Å². The van der Waals surface area contributed by atoms with E-state index in [2.05, 4.69) is 16.0 Å². The Hall–Kier alpha value is -1.91. The molecular weight excluding hydrogens is 300 g/mol. The van der Waals surface area contributed by atoms with E-state index in [0.717, 1.165) is 25.1 Å². The molecule has 1 aromatic heterocycles.